The van der Waals surface area contributed by atoms with Crippen LogP contribution in [0.3, 0.4) is 0 Å². The molecule has 1 aliphatic heterocycles. The van der Waals surface area contributed by atoms with Crippen molar-refractivity contribution in [3.63, 3.8) is 0 Å². The van der Waals surface area contributed by atoms with E-state index in [1.807, 2.05) is 12.1 Å². The summed E-state index contributed by atoms with van der Waals surface area (Å²) in [6, 6.07) is 6.44. The third-order valence-corrected chi connectivity index (χ3v) is 4.75. The summed E-state index contributed by atoms with van der Waals surface area (Å²) in [5.41, 5.74) is 1.29. The first-order valence-corrected chi connectivity index (χ1v) is 8.67. The number of hydrogen-bond donors (Lipinski definition) is 1. The molecule has 112 valence electrons. The van der Waals surface area contributed by atoms with Gasteiger partial charge in [0.1, 0.15) is 0 Å². The Hall–Kier alpha value is -0.0900. The molecule has 4 heteroatoms. The van der Waals surface area contributed by atoms with E-state index in [9.17, 15) is 0 Å². The van der Waals surface area contributed by atoms with E-state index in [2.05, 4.69) is 34.2 Å². The highest BCUT2D eigenvalue weighted by atomic mass is 79.9. The first-order valence-electron chi connectivity index (χ1n) is 7.50. The normalized spacial score (nSPS) is 20.2. The van der Waals surface area contributed by atoms with Crippen molar-refractivity contribution < 1.29 is 4.74 Å². The molecule has 0 bridgehead atoms. The molecule has 1 fully saturated rings. The van der Waals surface area contributed by atoms with Crippen LogP contribution in [-0.2, 0) is 4.74 Å². The van der Waals surface area contributed by atoms with Gasteiger partial charge in [-0.05, 0) is 56.3 Å². The van der Waals surface area contributed by atoms with Crippen LogP contribution in [-0.4, -0.2) is 19.3 Å². The number of hydrogen-bond acceptors (Lipinski definition) is 2. The first kappa shape index (κ1) is 16.3. The zero-order valence-electron chi connectivity index (χ0n) is 12.0. The van der Waals surface area contributed by atoms with Crippen LogP contribution in [0.25, 0.3) is 0 Å². The molecule has 0 radical (unpaired) electrons. The van der Waals surface area contributed by atoms with Gasteiger partial charge in [0, 0.05) is 22.1 Å². The Balaban J connectivity index is 1.91. The number of nitrogens with one attached hydrogen (secondary N) is 1. The van der Waals surface area contributed by atoms with Gasteiger partial charge < -0.3 is 10.1 Å². The quantitative estimate of drug-likeness (QED) is 0.730. The molecular weight excluding hydrogens is 338 g/mol. The summed E-state index contributed by atoms with van der Waals surface area (Å²) in [5.74, 6) is 0. The molecular formula is C16H23BrClNO. The van der Waals surface area contributed by atoms with Crippen LogP contribution in [0.5, 0.6) is 0 Å². The smallest absolute Gasteiger partial charge is 0.0576 e. The Morgan fingerprint density at radius 3 is 3.00 bits per heavy atom. The molecule has 1 aromatic carbocycles. The highest BCUT2D eigenvalue weighted by molar-refractivity contribution is 9.10. The Kier molecular flexibility index (Phi) is 6.82. The van der Waals surface area contributed by atoms with Gasteiger partial charge >= 0.3 is 0 Å². The monoisotopic (exact) mass is 359 g/mol. The summed E-state index contributed by atoms with van der Waals surface area (Å²) in [6.45, 7) is 4.07. The number of ether oxygens (including phenoxy) is 1. The fourth-order valence-corrected chi connectivity index (χ4v) is 3.78. The minimum Gasteiger partial charge on any atom is -0.378 e. The number of rotatable bonds is 7. The molecule has 0 amide bonds. The van der Waals surface area contributed by atoms with Crippen LogP contribution < -0.4 is 5.32 Å². The molecule has 0 saturated carbocycles. The third-order valence-electron chi connectivity index (χ3n) is 3.83. The van der Waals surface area contributed by atoms with E-state index in [-0.39, 0.29) is 0 Å². The van der Waals surface area contributed by atoms with Crippen molar-refractivity contribution in [1.29, 1.82) is 0 Å². The van der Waals surface area contributed by atoms with Crippen LogP contribution in [0.15, 0.2) is 22.7 Å². The minimum absolute atomic E-state index is 0.382. The van der Waals surface area contributed by atoms with Gasteiger partial charge in [-0.25, -0.2) is 0 Å². The van der Waals surface area contributed by atoms with Crippen LogP contribution in [0.1, 0.15) is 50.6 Å². The van der Waals surface area contributed by atoms with E-state index in [1.54, 1.807) is 0 Å². The topological polar surface area (TPSA) is 21.3 Å². The van der Waals surface area contributed by atoms with E-state index in [4.69, 9.17) is 16.3 Å². The Bertz CT molecular complexity index is 421. The van der Waals surface area contributed by atoms with E-state index >= 15 is 0 Å². The van der Waals surface area contributed by atoms with Crippen LogP contribution in [0.2, 0.25) is 5.02 Å². The maximum Gasteiger partial charge on any atom is 0.0576 e. The molecule has 1 heterocycles. The van der Waals surface area contributed by atoms with Gasteiger partial charge in [0.15, 0.2) is 0 Å². The fourth-order valence-electron chi connectivity index (χ4n) is 2.82. The Morgan fingerprint density at radius 2 is 2.35 bits per heavy atom. The molecule has 2 rings (SSSR count). The number of benzene rings is 1. The second-order valence-corrected chi connectivity index (χ2v) is 6.63. The highest BCUT2D eigenvalue weighted by Crippen LogP contribution is 2.30. The van der Waals surface area contributed by atoms with Crippen LogP contribution in [0, 0.1) is 0 Å². The molecule has 1 N–H and O–H groups in total. The standard InChI is InChI=1S/C16H23BrClNO/c1-2-19-16(7-3-5-13-6-4-10-20-13)14-9-8-12(18)11-15(14)17/h8-9,11,13,16,19H,2-7,10H2,1H3. The third kappa shape index (κ3) is 4.73. The van der Waals surface area contributed by atoms with Crippen molar-refractivity contribution in [3.8, 4) is 0 Å². The van der Waals surface area contributed by atoms with Gasteiger partial charge in [0.25, 0.3) is 0 Å². The average molecular weight is 361 g/mol. The zero-order valence-corrected chi connectivity index (χ0v) is 14.3. The van der Waals surface area contributed by atoms with Crippen molar-refractivity contribution in [1.82, 2.24) is 5.32 Å². The molecule has 2 atom stereocenters. The molecule has 2 nitrogen and oxygen atoms in total. The van der Waals surface area contributed by atoms with E-state index in [1.165, 1.54) is 31.2 Å². The largest absolute Gasteiger partial charge is 0.378 e. The Morgan fingerprint density at radius 1 is 1.50 bits per heavy atom. The van der Waals surface area contributed by atoms with Crippen molar-refractivity contribution in [3.05, 3.63) is 33.3 Å². The lowest BCUT2D eigenvalue weighted by molar-refractivity contribution is 0.101. The van der Waals surface area contributed by atoms with Gasteiger partial charge in [-0.15, -0.1) is 0 Å². The van der Waals surface area contributed by atoms with Crippen LogP contribution >= 0.6 is 27.5 Å². The summed E-state index contributed by atoms with van der Waals surface area (Å²) >= 11 is 9.65. The van der Waals surface area contributed by atoms with Gasteiger partial charge in [-0.2, -0.15) is 0 Å². The van der Waals surface area contributed by atoms with E-state index in [0.717, 1.165) is 29.1 Å². The van der Waals surface area contributed by atoms with Crippen molar-refractivity contribution in [2.24, 2.45) is 0 Å². The fraction of sp³-hybridized carbons (Fsp3) is 0.625. The zero-order chi connectivity index (χ0) is 14.4. The Labute approximate surface area is 135 Å². The minimum atomic E-state index is 0.382. The summed E-state index contributed by atoms with van der Waals surface area (Å²) in [6.07, 6.45) is 6.45. The molecule has 1 saturated heterocycles. The van der Waals surface area contributed by atoms with Gasteiger partial charge in [0.05, 0.1) is 6.10 Å². The molecule has 20 heavy (non-hydrogen) atoms. The highest BCUT2D eigenvalue weighted by Gasteiger charge is 2.18. The van der Waals surface area contributed by atoms with E-state index < -0.39 is 0 Å². The molecule has 0 aliphatic carbocycles. The summed E-state index contributed by atoms with van der Waals surface area (Å²) < 4.78 is 6.78. The first-order chi connectivity index (χ1) is 9.70. The molecule has 1 aliphatic rings. The number of halogens is 2. The lowest BCUT2D eigenvalue weighted by atomic mass is 9.99. The summed E-state index contributed by atoms with van der Waals surface area (Å²) in [4.78, 5) is 0. The molecule has 1 aromatic rings. The van der Waals surface area contributed by atoms with Crippen molar-refractivity contribution in [2.45, 2.75) is 51.2 Å². The summed E-state index contributed by atoms with van der Waals surface area (Å²) in [7, 11) is 0. The van der Waals surface area contributed by atoms with Gasteiger partial charge in [-0.1, -0.05) is 40.5 Å². The molecule has 0 aromatic heterocycles. The maximum atomic E-state index is 6.02. The van der Waals surface area contributed by atoms with Crippen LogP contribution in [0.4, 0.5) is 0 Å². The van der Waals surface area contributed by atoms with Crippen molar-refractivity contribution in [2.75, 3.05) is 13.2 Å². The second kappa shape index (κ2) is 8.38. The molecule has 0 spiro atoms. The van der Waals surface area contributed by atoms with Crippen molar-refractivity contribution >= 4 is 27.5 Å². The average Bonchev–Trinajstić information content (AvgIpc) is 2.91. The second-order valence-electron chi connectivity index (χ2n) is 5.34. The maximum absolute atomic E-state index is 6.02. The predicted molar refractivity (Wildman–Crippen MR) is 88.4 cm³/mol. The van der Waals surface area contributed by atoms with E-state index in [0.29, 0.717) is 12.1 Å². The van der Waals surface area contributed by atoms with Gasteiger partial charge in [0.2, 0.25) is 0 Å². The predicted octanol–water partition coefficient (Wildman–Crippen LogP) is 5.10. The SMILES string of the molecule is CCNC(CCCC1CCCO1)c1ccc(Cl)cc1Br. The lowest BCUT2D eigenvalue weighted by Crippen LogP contribution is -2.21. The van der Waals surface area contributed by atoms with Gasteiger partial charge in [-0.3, -0.25) is 0 Å². The lowest BCUT2D eigenvalue weighted by Gasteiger charge is -2.20. The summed E-state index contributed by atoms with van der Waals surface area (Å²) in [5, 5.41) is 4.34. The molecule has 2 unspecified atom stereocenters.